The van der Waals surface area contributed by atoms with Crippen LogP contribution in [0.3, 0.4) is 0 Å². The quantitative estimate of drug-likeness (QED) is 0.469. The third kappa shape index (κ3) is 4.38. The SMILES string of the molecule is C=CCN=c1scc(-c2ccccc2F)n1N=Cc1cc(OC)c(O)c(OC)c1. The van der Waals surface area contributed by atoms with Crippen molar-refractivity contribution in [1.82, 2.24) is 4.68 Å². The first-order valence-corrected chi connectivity index (χ1v) is 9.53. The van der Waals surface area contributed by atoms with Crippen molar-refractivity contribution in [3.05, 3.63) is 70.6 Å². The van der Waals surface area contributed by atoms with Gasteiger partial charge in [0, 0.05) is 16.5 Å². The largest absolute Gasteiger partial charge is 0.502 e. The molecule has 0 fully saturated rings. The van der Waals surface area contributed by atoms with Gasteiger partial charge in [-0.25, -0.2) is 9.07 Å². The molecule has 29 heavy (non-hydrogen) atoms. The van der Waals surface area contributed by atoms with Crippen LogP contribution in [0.25, 0.3) is 11.3 Å². The highest BCUT2D eigenvalue weighted by Crippen LogP contribution is 2.36. The van der Waals surface area contributed by atoms with Crippen LogP contribution in [0.2, 0.25) is 0 Å². The van der Waals surface area contributed by atoms with Gasteiger partial charge in [-0.05, 0) is 24.3 Å². The van der Waals surface area contributed by atoms with E-state index in [1.807, 2.05) is 0 Å². The monoisotopic (exact) mass is 413 g/mol. The highest BCUT2D eigenvalue weighted by Gasteiger charge is 2.13. The van der Waals surface area contributed by atoms with Crippen molar-refractivity contribution in [2.24, 2.45) is 10.1 Å². The van der Waals surface area contributed by atoms with E-state index in [-0.39, 0.29) is 23.1 Å². The summed E-state index contributed by atoms with van der Waals surface area (Å²) < 4.78 is 26.3. The lowest BCUT2D eigenvalue weighted by Gasteiger charge is -2.09. The van der Waals surface area contributed by atoms with Crippen molar-refractivity contribution in [2.45, 2.75) is 0 Å². The Hall–Kier alpha value is -3.39. The molecular formula is C21H20FN3O3S. The third-order valence-electron chi connectivity index (χ3n) is 4.02. The zero-order valence-corrected chi connectivity index (χ0v) is 16.8. The van der Waals surface area contributed by atoms with Crippen LogP contribution in [-0.2, 0) is 0 Å². The van der Waals surface area contributed by atoms with Gasteiger partial charge in [0.05, 0.1) is 32.7 Å². The van der Waals surface area contributed by atoms with E-state index in [0.717, 1.165) is 0 Å². The van der Waals surface area contributed by atoms with E-state index in [4.69, 9.17) is 9.47 Å². The van der Waals surface area contributed by atoms with Gasteiger partial charge in [-0.3, -0.25) is 4.99 Å². The number of thiazole rings is 1. The van der Waals surface area contributed by atoms with Gasteiger partial charge in [0.15, 0.2) is 11.5 Å². The predicted octanol–water partition coefficient (Wildman–Crippen LogP) is 4.05. The van der Waals surface area contributed by atoms with E-state index in [1.54, 1.807) is 52.7 Å². The van der Waals surface area contributed by atoms with Gasteiger partial charge >= 0.3 is 0 Å². The van der Waals surface area contributed by atoms with Crippen LogP contribution in [-0.4, -0.2) is 36.8 Å². The number of benzene rings is 2. The van der Waals surface area contributed by atoms with Gasteiger partial charge in [0.1, 0.15) is 5.82 Å². The van der Waals surface area contributed by atoms with Crippen LogP contribution < -0.4 is 14.3 Å². The molecule has 3 rings (SSSR count). The lowest BCUT2D eigenvalue weighted by Crippen LogP contribution is -2.13. The van der Waals surface area contributed by atoms with Crippen molar-refractivity contribution in [3.63, 3.8) is 0 Å². The molecule has 0 saturated carbocycles. The fourth-order valence-corrected chi connectivity index (χ4v) is 3.47. The Morgan fingerprint density at radius 3 is 2.52 bits per heavy atom. The van der Waals surface area contributed by atoms with Gasteiger partial charge in [-0.15, -0.1) is 17.9 Å². The number of hydrogen-bond acceptors (Lipinski definition) is 6. The topological polar surface area (TPSA) is 68.3 Å². The number of rotatable bonds is 7. The van der Waals surface area contributed by atoms with Crippen LogP contribution in [0, 0.1) is 5.82 Å². The highest BCUT2D eigenvalue weighted by molar-refractivity contribution is 7.07. The molecule has 1 heterocycles. The summed E-state index contributed by atoms with van der Waals surface area (Å²) in [6.45, 7) is 4.09. The molecule has 0 saturated heterocycles. The van der Waals surface area contributed by atoms with E-state index in [1.165, 1.54) is 31.6 Å². The summed E-state index contributed by atoms with van der Waals surface area (Å²) in [5.41, 5.74) is 1.62. The second-order valence-corrected chi connectivity index (χ2v) is 6.68. The van der Waals surface area contributed by atoms with E-state index < -0.39 is 0 Å². The van der Waals surface area contributed by atoms with Gasteiger partial charge in [0.2, 0.25) is 10.6 Å². The Morgan fingerprint density at radius 2 is 1.90 bits per heavy atom. The van der Waals surface area contributed by atoms with Gasteiger partial charge in [0.25, 0.3) is 0 Å². The summed E-state index contributed by atoms with van der Waals surface area (Å²) in [6, 6.07) is 9.73. The number of methoxy groups -OCH3 is 2. The molecule has 0 spiro atoms. The van der Waals surface area contributed by atoms with Crippen LogP contribution in [0.1, 0.15) is 5.56 Å². The molecule has 2 aromatic carbocycles. The number of phenolic OH excluding ortho intramolecular Hbond substituents is 1. The summed E-state index contributed by atoms with van der Waals surface area (Å²) >= 11 is 1.35. The molecule has 0 unspecified atom stereocenters. The van der Waals surface area contributed by atoms with Crippen LogP contribution in [0.5, 0.6) is 17.2 Å². The molecule has 150 valence electrons. The van der Waals surface area contributed by atoms with Crippen molar-refractivity contribution in [3.8, 4) is 28.5 Å². The molecule has 0 aliphatic carbocycles. The molecule has 6 nitrogen and oxygen atoms in total. The summed E-state index contributed by atoms with van der Waals surface area (Å²) in [6.07, 6.45) is 3.24. The minimum Gasteiger partial charge on any atom is -0.502 e. The molecule has 0 aliphatic heterocycles. The van der Waals surface area contributed by atoms with E-state index in [9.17, 15) is 9.50 Å². The maximum absolute atomic E-state index is 14.4. The molecular weight excluding hydrogens is 393 g/mol. The number of aromatic nitrogens is 1. The van der Waals surface area contributed by atoms with E-state index in [0.29, 0.717) is 28.2 Å². The van der Waals surface area contributed by atoms with Crippen molar-refractivity contribution in [1.29, 1.82) is 0 Å². The Morgan fingerprint density at radius 1 is 1.21 bits per heavy atom. The highest BCUT2D eigenvalue weighted by atomic mass is 32.1. The predicted molar refractivity (Wildman–Crippen MR) is 113 cm³/mol. The van der Waals surface area contributed by atoms with E-state index >= 15 is 0 Å². The zero-order valence-electron chi connectivity index (χ0n) is 16.0. The van der Waals surface area contributed by atoms with Crippen LogP contribution in [0.4, 0.5) is 4.39 Å². The van der Waals surface area contributed by atoms with Crippen LogP contribution in [0.15, 0.2) is 64.5 Å². The Kier molecular flexibility index (Phi) is 6.46. The lowest BCUT2D eigenvalue weighted by molar-refractivity contribution is 0.340. The van der Waals surface area contributed by atoms with Crippen molar-refractivity contribution in [2.75, 3.05) is 20.8 Å². The molecule has 0 atom stereocenters. The smallest absolute Gasteiger partial charge is 0.206 e. The Bertz CT molecular complexity index is 1090. The summed E-state index contributed by atoms with van der Waals surface area (Å²) in [5.74, 6) is 0.0700. The van der Waals surface area contributed by atoms with Crippen LogP contribution >= 0.6 is 11.3 Å². The Balaban J connectivity index is 2.12. The molecule has 1 aromatic heterocycles. The zero-order chi connectivity index (χ0) is 20.8. The molecule has 0 amide bonds. The first-order valence-electron chi connectivity index (χ1n) is 8.65. The molecule has 8 heteroatoms. The second-order valence-electron chi connectivity index (χ2n) is 5.84. The number of halogens is 1. The minimum absolute atomic E-state index is 0.0935. The van der Waals surface area contributed by atoms with Crippen molar-refractivity contribution >= 4 is 17.6 Å². The Labute approximate surface area is 171 Å². The average molecular weight is 413 g/mol. The fourth-order valence-electron chi connectivity index (χ4n) is 2.63. The maximum atomic E-state index is 14.4. The number of ether oxygens (including phenoxy) is 2. The standard InChI is InChI=1S/C21H20FN3O3S/c1-4-9-23-21-25(17(13-29-21)15-7-5-6-8-16(15)22)24-12-14-10-18(27-2)20(26)19(11-14)28-3/h4-8,10-13,26H,1,9H2,2-3H3. The van der Waals surface area contributed by atoms with Gasteiger partial charge in [-0.2, -0.15) is 5.10 Å². The summed E-state index contributed by atoms with van der Waals surface area (Å²) in [5, 5.41) is 16.4. The molecule has 0 radical (unpaired) electrons. The minimum atomic E-state index is -0.350. The molecule has 3 aromatic rings. The first-order chi connectivity index (χ1) is 14.1. The number of nitrogens with zero attached hydrogens (tertiary/aromatic N) is 3. The number of hydrogen-bond donors (Lipinski definition) is 1. The normalized spacial score (nSPS) is 11.8. The molecule has 1 N–H and O–H groups in total. The number of aromatic hydroxyl groups is 1. The molecule has 0 bridgehead atoms. The average Bonchev–Trinajstić information content (AvgIpc) is 3.14. The van der Waals surface area contributed by atoms with Gasteiger partial charge < -0.3 is 14.6 Å². The maximum Gasteiger partial charge on any atom is 0.206 e. The fraction of sp³-hybridized carbons (Fsp3) is 0.143. The first kappa shape index (κ1) is 20.3. The lowest BCUT2D eigenvalue weighted by atomic mass is 10.1. The summed E-state index contributed by atoms with van der Waals surface area (Å²) in [7, 11) is 2.90. The second kappa shape index (κ2) is 9.20. The summed E-state index contributed by atoms with van der Waals surface area (Å²) in [4.78, 5) is 5.03. The van der Waals surface area contributed by atoms with E-state index in [2.05, 4.69) is 16.7 Å². The third-order valence-corrected chi connectivity index (χ3v) is 4.87. The van der Waals surface area contributed by atoms with Crippen molar-refractivity contribution < 1.29 is 19.0 Å². The van der Waals surface area contributed by atoms with Gasteiger partial charge in [-0.1, -0.05) is 18.2 Å². The molecule has 0 aliphatic rings. The number of phenols is 1.